The zero-order chi connectivity index (χ0) is 18.2. The predicted octanol–water partition coefficient (Wildman–Crippen LogP) is 1.52. The van der Waals surface area contributed by atoms with Gasteiger partial charge in [0, 0.05) is 39.3 Å². The molecule has 1 N–H and O–H groups in total. The molecule has 1 aromatic carbocycles. The van der Waals surface area contributed by atoms with Crippen LogP contribution in [0.3, 0.4) is 0 Å². The van der Waals surface area contributed by atoms with Crippen LogP contribution in [0.2, 0.25) is 0 Å². The molecule has 0 aliphatic carbocycles. The highest BCUT2D eigenvalue weighted by Crippen LogP contribution is 2.20. The molecule has 2 atom stereocenters. The molecule has 0 unspecified atom stereocenters. The van der Waals surface area contributed by atoms with Crippen LogP contribution in [0.15, 0.2) is 24.3 Å². The smallest absolute Gasteiger partial charge is 0.249 e. The van der Waals surface area contributed by atoms with Crippen molar-refractivity contribution in [1.29, 1.82) is 0 Å². The first-order chi connectivity index (χ1) is 12.0. The minimum Gasteiger partial charge on any atom is -0.497 e. The molecular formula is C19H31N3O3. The lowest BCUT2D eigenvalue weighted by Crippen LogP contribution is -2.48. The van der Waals surface area contributed by atoms with Crippen molar-refractivity contribution in [3.05, 3.63) is 29.8 Å². The molecular weight excluding hydrogens is 318 g/mol. The van der Waals surface area contributed by atoms with E-state index >= 15 is 0 Å². The molecule has 2 rings (SSSR count). The molecule has 0 spiro atoms. The number of likely N-dealkylation sites (N-methyl/N-ethyl adjacent to an activating group) is 1. The summed E-state index contributed by atoms with van der Waals surface area (Å²) in [6, 6.07) is 7.84. The van der Waals surface area contributed by atoms with Crippen LogP contribution in [0.1, 0.15) is 25.5 Å². The number of hydrogen-bond donors (Lipinski definition) is 1. The van der Waals surface area contributed by atoms with Crippen LogP contribution in [0.5, 0.6) is 5.75 Å². The highest BCUT2D eigenvalue weighted by molar-refractivity contribution is 5.80. The van der Waals surface area contributed by atoms with Gasteiger partial charge in [0.1, 0.15) is 11.9 Å². The Balaban J connectivity index is 2.08. The maximum absolute atomic E-state index is 12.4. The van der Waals surface area contributed by atoms with Crippen molar-refractivity contribution in [3.63, 3.8) is 0 Å². The lowest BCUT2D eigenvalue weighted by molar-refractivity contribution is -0.132. The van der Waals surface area contributed by atoms with E-state index in [2.05, 4.69) is 22.2 Å². The number of nitrogens with one attached hydrogen (secondary N) is 1. The Morgan fingerprint density at radius 2 is 1.84 bits per heavy atom. The number of piperazine rings is 1. The fourth-order valence-electron chi connectivity index (χ4n) is 2.97. The van der Waals surface area contributed by atoms with E-state index in [1.807, 2.05) is 31.2 Å². The summed E-state index contributed by atoms with van der Waals surface area (Å²) in [6.45, 7) is 9.15. The van der Waals surface area contributed by atoms with Crippen LogP contribution >= 0.6 is 0 Å². The van der Waals surface area contributed by atoms with Crippen molar-refractivity contribution in [2.75, 3.05) is 53.5 Å². The monoisotopic (exact) mass is 349 g/mol. The molecule has 1 fully saturated rings. The Kier molecular flexibility index (Phi) is 7.68. The molecule has 1 heterocycles. The molecule has 0 aromatic heterocycles. The average Bonchev–Trinajstić information content (AvgIpc) is 2.63. The van der Waals surface area contributed by atoms with Crippen LogP contribution in [0, 0.1) is 0 Å². The first kappa shape index (κ1) is 19.7. The zero-order valence-corrected chi connectivity index (χ0v) is 15.8. The van der Waals surface area contributed by atoms with E-state index in [9.17, 15) is 4.79 Å². The summed E-state index contributed by atoms with van der Waals surface area (Å²) in [5, 5.41) is 3.15. The van der Waals surface area contributed by atoms with Gasteiger partial charge >= 0.3 is 0 Å². The number of carbonyl (C=O) groups excluding carboxylic acids is 1. The number of rotatable bonds is 8. The van der Waals surface area contributed by atoms with E-state index in [-0.39, 0.29) is 11.9 Å². The molecule has 1 amide bonds. The standard InChI is InChI=1S/C19H31N3O3/c1-5-25-15(2)19(23)20-18(14-22-12-10-21(3)11-13-22)16-6-8-17(24-4)9-7-16/h6-9,15,18H,5,10-14H2,1-4H3,(H,20,23)/t15-,18-/m1/s1. The van der Waals surface area contributed by atoms with Crippen LogP contribution in [-0.4, -0.2) is 75.3 Å². The second-order valence-corrected chi connectivity index (χ2v) is 6.54. The molecule has 0 saturated carbocycles. The summed E-state index contributed by atoms with van der Waals surface area (Å²) in [5.74, 6) is 0.743. The number of hydrogen-bond acceptors (Lipinski definition) is 5. The van der Waals surface area contributed by atoms with Crippen molar-refractivity contribution >= 4 is 5.91 Å². The summed E-state index contributed by atoms with van der Waals surface area (Å²) in [7, 11) is 3.80. The number of amides is 1. The van der Waals surface area contributed by atoms with E-state index in [1.54, 1.807) is 14.0 Å². The van der Waals surface area contributed by atoms with Crippen molar-refractivity contribution in [2.24, 2.45) is 0 Å². The van der Waals surface area contributed by atoms with Gasteiger partial charge in [-0.1, -0.05) is 12.1 Å². The number of nitrogens with zero attached hydrogens (tertiary/aromatic N) is 2. The Labute approximate surface area is 151 Å². The van der Waals surface area contributed by atoms with Crippen molar-refractivity contribution < 1.29 is 14.3 Å². The Hall–Kier alpha value is -1.63. The maximum Gasteiger partial charge on any atom is 0.249 e. The van der Waals surface area contributed by atoms with Crippen molar-refractivity contribution in [3.8, 4) is 5.75 Å². The highest BCUT2D eigenvalue weighted by atomic mass is 16.5. The van der Waals surface area contributed by atoms with Crippen LogP contribution in [-0.2, 0) is 9.53 Å². The second kappa shape index (κ2) is 9.75. The SMILES string of the molecule is CCO[C@H](C)C(=O)N[C@H](CN1CCN(C)CC1)c1ccc(OC)cc1. The second-order valence-electron chi connectivity index (χ2n) is 6.54. The van der Waals surface area contributed by atoms with Gasteiger partial charge in [-0.15, -0.1) is 0 Å². The topological polar surface area (TPSA) is 54.0 Å². The summed E-state index contributed by atoms with van der Waals surface area (Å²) >= 11 is 0. The van der Waals surface area contributed by atoms with Crippen LogP contribution in [0.25, 0.3) is 0 Å². The average molecular weight is 349 g/mol. The van der Waals surface area contributed by atoms with Gasteiger partial charge in [-0.05, 0) is 38.6 Å². The lowest BCUT2D eigenvalue weighted by atomic mass is 10.0. The first-order valence-corrected chi connectivity index (χ1v) is 9.00. The van der Waals surface area contributed by atoms with Gasteiger partial charge in [0.15, 0.2) is 0 Å². The fourth-order valence-corrected chi connectivity index (χ4v) is 2.97. The molecule has 1 aliphatic rings. The van der Waals surface area contributed by atoms with E-state index in [4.69, 9.17) is 9.47 Å². The quantitative estimate of drug-likeness (QED) is 0.771. The van der Waals surface area contributed by atoms with Crippen LogP contribution in [0.4, 0.5) is 0 Å². The van der Waals surface area contributed by atoms with E-state index in [1.165, 1.54) is 0 Å². The predicted molar refractivity (Wildman–Crippen MR) is 98.9 cm³/mol. The number of ether oxygens (including phenoxy) is 2. The summed E-state index contributed by atoms with van der Waals surface area (Å²) in [4.78, 5) is 17.2. The Morgan fingerprint density at radius 3 is 2.40 bits per heavy atom. The van der Waals surface area contributed by atoms with Crippen LogP contribution < -0.4 is 10.1 Å². The van der Waals surface area contributed by atoms with Gasteiger partial charge in [0.25, 0.3) is 0 Å². The lowest BCUT2D eigenvalue weighted by Gasteiger charge is -2.35. The molecule has 6 heteroatoms. The normalized spacial score (nSPS) is 18.6. The van der Waals surface area contributed by atoms with Gasteiger partial charge in [-0.2, -0.15) is 0 Å². The summed E-state index contributed by atoms with van der Waals surface area (Å²) < 4.78 is 10.7. The zero-order valence-electron chi connectivity index (χ0n) is 15.8. The van der Waals surface area contributed by atoms with Gasteiger partial charge in [-0.3, -0.25) is 9.69 Å². The molecule has 140 valence electrons. The Morgan fingerprint density at radius 1 is 1.20 bits per heavy atom. The van der Waals surface area contributed by atoms with Gasteiger partial charge in [-0.25, -0.2) is 0 Å². The van der Waals surface area contributed by atoms with Crippen molar-refractivity contribution in [1.82, 2.24) is 15.1 Å². The molecule has 25 heavy (non-hydrogen) atoms. The summed E-state index contributed by atoms with van der Waals surface area (Å²) in [6.07, 6.45) is -0.446. The summed E-state index contributed by atoms with van der Waals surface area (Å²) in [5.41, 5.74) is 1.08. The number of benzene rings is 1. The van der Waals surface area contributed by atoms with E-state index in [0.717, 1.165) is 44.0 Å². The number of carbonyl (C=O) groups is 1. The third-order valence-electron chi connectivity index (χ3n) is 4.66. The van der Waals surface area contributed by atoms with Gasteiger partial charge in [0.2, 0.25) is 5.91 Å². The minimum absolute atomic E-state index is 0.0651. The van der Waals surface area contributed by atoms with Gasteiger partial charge < -0.3 is 19.7 Å². The molecule has 6 nitrogen and oxygen atoms in total. The molecule has 1 aromatic rings. The van der Waals surface area contributed by atoms with E-state index < -0.39 is 6.10 Å². The minimum atomic E-state index is -0.446. The maximum atomic E-state index is 12.4. The highest BCUT2D eigenvalue weighted by Gasteiger charge is 2.23. The van der Waals surface area contributed by atoms with E-state index in [0.29, 0.717) is 6.61 Å². The Bertz CT molecular complexity index is 527. The third kappa shape index (κ3) is 5.99. The molecule has 0 bridgehead atoms. The largest absolute Gasteiger partial charge is 0.497 e. The molecule has 1 aliphatic heterocycles. The number of methoxy groups -OCH3 is 1. The third-order valence-corrected chi connectivity index (χ3v) is 4.66. The fraction of sp³-hybridized carbons (Fsp3) is 0.632. The van der Waals surface area contributed by atoms with Gasteiger partial charge in [0.05, 0.1) is 13.2 Å². The molecule has 1 saturated heterocycles. The first-order valence-electron chi connectivity index (χ1n) is 9.00. The van der Waals surface area contributed by atoms with Crippen molar-refractivity contribution in [2.45, 2.75) is 26.0 Å². The molecule has 0 radical (unpaired) electrons.